The molecule has 5 nitrogen and oxygen atoms in total. The van der Waals surface area contributed by atoms with Crippen LogP contribution in [0, 0.1) is 0 Å². The molecule has 0 spiro atoms. The Kier molecular flexibility index (Phi) is 4.14. The van der Waals surface area contributed by atoms with Crippen LogP contribution in [0.15, 0.2) is 0 Å². The minimum Gasteiger partial charge on any atom is -0.461 e. The predicted molar refractivity (Wildman–Crippen MR) is 45.0 cm³/mol. The number of esters is 1. The van der Waals surface area contributed by atoms with Crippen LogP contribution >= 0.6 is 0 Å². The molecule has 1 aliphatic rings. The van der Waals surface area contributed by atoms with Gasteiger partial charge in [0.15, 0.2) is 6.10 Å². The SMILES string of the molecule is NC[C@H](O)C(=O)OCC1CCCO1. The molecule has 0 amide bonds. The van der Waals surface area contributed by atoms with Gasteiger partial charge in [0.2, 0.25) is 0 Å². The average Bonchev–Trinajstić information content (AvgIpc) is 2.65. The first-order valence-corrected chi connectivity index (χ1v) is 4.40. The number of carbonyl (C=O) groups excluding carboxylic acids is 1. The van der Waals surface area contributed by atoms with Crippen molar-refractivity contribution in [2.45, 2.75) is 25.0 Å². The molecule has 13 heavy (non-hydrogen) atoms. The number of carbonyl (C=O) groups is 1. The lowest BCUT2D eigenvalue weighted by Gasteiger charge is -2.12. The molecule has 1 heterocycles. The van der Waals surface area contributed by atoms with Gasteiger partial charge in [0.1, 0.15) is 6.61 Å². The number of nitrogens with two attached hydrogens (primary N) is 1. The summed E-state index contributed by atoms with van der Waals surface area (Å²) in [6.07, 6.45) is 0.698. The van der Waals surface area contributed by atoms with Gasteiger partial charge in [0.05, 0.1) is 6.10 Å². The third-order valence-corrected chi connectivity index (χ3v) is 1.93. The van der Waals surface area contributed by atoms with E-state index in [-0.39, 0.29) is 19.3 Å². The molecule has 0 aromatic carbocycles. The Labute approximate surface area is 76.8 Å². The van der Waals surface area contributed by atoms with Gasteiger partial charge in [0, 0.05) is 13.2 Å². The van der Waals surface area contributed by atoms with Gasteiger partial charge in [-0.2, -0.15) is 0 Å². The molecule has 1 rings (SSSR count). The number of aliphatic hydroxyl groups excluding tert-OH is 1. The van der Waals surface area contributed by atoms with E-state index < -0.39 is 12.1 Å². The lowest BCUT2D eigenvalue weighted by atomic mass is 10.2. The fourth-order valence-electron chi connectivity index (χ4n) is 1.14. The van der Waals surface area contributed by atoms with Gasteiger partial charge in [0.25, 0.3) is 0 Å². The van der Waals surface area contributed by atoms with Gasteiger partial charge in [-0.15, -0.1) is 0 Å². The number of rotatable bonds is 4. The monoisotopic (exact) mass is 189 g/mol. The zero-order valence-corrected chi connectivity index (χ0v) is 7.44. The van der Waals surface area contributed by atoms with Gasteiger partial charge in [-0.05, 0) is 12.8 Å². The minimum absolute atomic E-state index is 0.00563. The van der Waals surface area contributed by atoms with Crippen LogP contribution in [-0.2, 0) is 14.3 Å². The first kappa shape index (κ1) is 10.4. The second-order valence-electron chi connectivity index (χ2n) is 3.02. The molecule has 0 aliphatic carbocycles. The van der Waals surface area contributed by atoms with E-state index in [9.17, 15) is 4.79 Å². The maximum Gasteiger partial charge on any atom is 0.336 e. The zero-order valence-electron chi connectivity index (χ0n) is 7.44. The Balaban J connectivity index is 2.13. The van der Waals surface area contributed by atoms with E-state index in [0.717, 1.165) is 19.4 Å². The van der Waals surface area contributed by atoms with Crippen molar-refractivity contribution in [3.8, 4) is 0 Å². The van der Waals surface area contributed by atoms with Crippen molar-refractivity contribution in [2.75, 3.05) is 19.8 Å². The molecule has 0 aromatic rings. The van der Waals surface area contributed by atoms with Crippen LogP contribution in [0.2, 0.25) is 0 Å². The highest BCUT2D eigenvalue weighted by molar-refractivity contribution is 5.74. The predicted octanol–water partition coefficient (Wildman–Crippen LogP) is -0.972. The first-order chi connectivity index (χ1) is 6.24. The molecule has 76 valence electrons. The minimum atomic E-state index is -1.21. The van der Waals surface area contributed by atoms with Crippen molar-refractivity contribution in [1.29, 1.82) is 0 Å². The molecular weight excluding hydrogens is 174 g/mol. The van der Waals surface area contributed by atoms with Crippen LogP contribution in [0.5, 0.6) is 0 Å². The summed E-state index contributed by atoms with van der Waals surface area (Å²) in [4.78, 5) is 10.9. The van der Waals surface area contributed by atoms with Crippen LogP contribution in [0.25, 0.3) is 0 Å². The van der Waals surface area contributed by atoms with E-state index in [4.69, 9.17) is 20.3 Å². The summed E-state index contributed by atoms with van der Waals surface area (Å²) >= 11 is 0. The van der Waals surface area contributed by atoms with Crippen LogP contribution in [-0.4, -0.2) is 43.0 Å². The Morgan fingerprint density at radius 3 is 3.08 bits per heavy atom. The number of hydrogen-bond donors (Lipinski definition) is 2. The van der Waals surface area contributed by atoms with E-state index >= 15 is 0 Å². The standard InChI is InChI=1S/C8H15NO4/c9-4-7(10)8(11)13-5-6-2-1-3-12-6/h6-7,10H,1-5,9H2/t6?,7-/m0/s1. The summed E-state index contributed by atoms with van der Waals surface area (Å²) in [5, 5.41) is 8.96. The molecule has 2 atom stereocenters. The zero-order chi connectivity index (χ0) is 9.68. The summed E-state index contributed by atoms with van der Waals surface area (Å²) < 4.78 is 10.0. The van der Waals surface area contributed by atoms with Gasteiger partial charge in [-0.3, -0.25) is 0 Å². The molecule has 1 saturated heterocycles. The van der Waals surface area contributed by atoms with E-state index in [1.807, 2.05) is 0 Å². The lowest BCUT2D eigenvalue weighted by molar-refractivity contribution is -0.156. The average molecular weight is 189 g/mol. The van der Waals surface area contributed by atoms with Crippen molar-refractivity contribution in [3.63, 3.8) is 0 Å². The summed E-state index contributed by atoms with van der Waals surface area (Å²) in [5.41, 5.74) is 5.07. The highest BCUT2D eigenvalue weighted by Crippen LogP contribution is 2.11. The second kappa shape index (κ2) is 5.16. The maximum atomic E-state index is 10.9. The molecule has 5 heteroatoms. The van der Waals surface area contributed by atoms with Gasteiger partial charge >= 0.3 is 5.97 Å². The largest absolute Gasteiger partial charge is 0.461 e. The summed E-state index contributed by atoms with van der Waals surface area (Å²) in [6, 6.07) is 0. The summed E-state index contributed by atoms with van der Waals surface area (Å²) in [7, 11) is 0. The van der Waals surface area contributed by atoms with Crippen LogP contribution < -0.4 is 5.73 Å². The Bertz CT molecular complexity index is 168. The van der Waals surface area contributed by atoms with Crippen LogP contribution in [0.3, 0.4) is 0 Å². The van der Waals surface area contributed by atoms with Crippen molar-refractivity contribution in [3.05, 3.63) is 0 Å². The number of hydrogen-bond acceptors (Lipinski definition) is 5. The first-order valence-electron chi connectivity index (χ1n) is 4.40. The summed E-state index contributed by atoms with van der Waals surface area (Å²) in [5.74, 6) is -0.669. The highest BCUT2D eigenvalue weighted by Gasteiger charge is 2.20. The topological polar surface area (TPSA) is 81.8 Å². The number of ether oxygens (including phenoxy) is 2. The van der Waals surface area contributed by atoms with Crippen LogP contribution in [0.1, 0.15) is 12.8 Å². The van der Waals surface area contributed by atoms with E-state index in [1.54, 1.807) is 0 Å². The normalized spacial score (nSPS) is 24.3. The van der Waals surface area contributed by atoms with Crippen molar-refractivity contribution < 1.29 is 19.4 Å². The molecule has 0 radical (unpaired) electrons. The molecule has 0 saturated carbocycles. The molecule has 1 aliphatic heterocycles. The Morgan fingerprint density at radius 1 is 1.77 bits per heavy atom. The van der Waals surface area contributed by atoms with Crippen molar-refractivity contribution in [1.82, 2.24) is 0 Å². The molecular formula is C8H15NO4. The van der Waals surface area contributed by atoms with Crippen molar-refractivity contribution in [2.24, 2.45) is 5.73 Å². The fourth-order valence-corrected chi connectivity index (χ4v) is 1.14. The van der Waals surface area contributed by atoms with E-state index in [0.29, 0.717) is 0 Å². The highest BCUT2D eigenvalue weighted by atomic mass is 16.6. The van der Waals surface area contributed by atoms with Crippen LogP contribution in [0.4, 0.5) is 0 Å². The third kappa shape index (κ3) is 3.30. The lowest BCUT2D eigenvalue weighted by Crippen LogP contribution is -2.32. The fraction of sp³-hybridized carbons (Fsp3) is 0.875. The molecule has 1 unspecified atom stereocenters. The van der Waals surface area contributed by atoms with E-state index in [2.05, 4.69) is 0 Å². The Morgan fingerprint density at radius 2 is 2.54 bits per heavy atom. The van der Waals surface area contributed by atoms with Gasteiger partial charge in [-0.25, -0.2) is 4.79 Å². The van der Waals surface area contributed by atoms with Gasteiger partial charge in [-0.1, -0.05) is 0 Å². The number of aliphatic hydroxyl groups is 1. The van der Waals surface area contributed by atoms with Gasteiger partial charge < -0.3 is 20.3 Å². The molecule has 0 bridgehead atoms. The molecule has 0 aromatic heterocycles. The Hall–Kier alpha value is -0.650. The quantitative estimate of drug-likeness (QED) is 0.556. The second-order valence-corrected chi connectivity index (χ2v) is 3.02. The smallest absolute Gasteiger partial charge is 0.336 e. The third-order valence-electron chi connectivity index (χ3n) is 1.93. The van der Waals surface area contributed by atoms with Crippen molar-refractivity contribution >= 4 is 5.97 Å². The maximum absolute atomic E-state index is 10.9. The molecule has 1 fully saturated rings. The summed E-state index contributed by atoms with van der Waals surface area (Å²) in [6.45, 7) is 0.835. The molecule has 3 N–H and O–H groups in total. The van der Waals surface area contributed by atoms with E-state index in [1.165, 1.54) is 0 Å².